The van der Waals surface area contributed by atoms with Gasteiger partial charge >= 0.3 is 6.55 Å². The molecule has 2 fully saturated rings. The maximum atomic E-state index is 13.5. The molecule has 12 nitrogen and oxygen atoms in total. The lowest BCUT2D eigenvalue weighted by molar-refractivity contribution is 0.0385. The number of hydrogen-bond acceptors (Lipinski definition) is 8. The van der Waals surface area contributed by atoms with Crippen LogP contribution in [0.4, 0.5) is 8.78 Å². The number of benzene rings is 1. The summed E-state index contributed by atoms with van der Waals surface area (Å²) in [5, 5.41) is 14.5. The zero-order valence-electron chi connectivity index (χ0n) is 24.3. The van der Waals surface area contributed by atoms with Crippen LogP contribution in [0.1, 0.15) is 82.3 Å². The molecule has 0 unspecified atom stereocenters. The smallest absolute Gasteiger partial charge is 0.347 e. The fourth-order valence-corrected chi connectivity index (χ4v) is 6.16. The van der Waals surface area contributed by atoms with Gasteiger partial charge in [0.25, 0.3) is 11.8 Å². The number of tetrazole rings is 1. The van der Waals surface area contributed by atoms with Crippen LogP contribution in [0, 0.1) is 0 Å². The van der Waals surface area contributed by atoms with Crippen molar-refractivity contribution in [2.75, 3.05) is 26.2 Å². The van der Waals surface area contributed by atoms with Gasteiger partial charge in [0, 0.05) is 57.9 Å². The Morgan fingerprint density at radius 2 is 1.70 bits per heavy atom. The summed E-state index contributed by atoms with van der Waals surface area (Å²) in [6.45, 7) is -0.987. The molecule has 230 valence electrons. The van der Waals surface area contributed by atoms with Gasteiger partial charge in [-0.05, 0) is 60.1 Å². The van der Waals surface area contributed by atoms with Crippen molar-refractivity contribution in [2.24, 2.45) is 7.05 Å². The molecule has 1 aliphatic carbocycles. The summed E-state index contributed by atoms with van der Waals surface area (Å²) < 4.78 is 28.1. The Morgan fingerprint density at radius 1 is 0.955 bits per heavy atom. The van der Waals surface area contributed by atoms with Crippen LogP contribution < -0.4 is 5.32 Å². The highest BCUT2D eigenvalue weighted by atomic mass is 19.3. The van der Waals surface area contributed by atoms with Crippen molar-refractivity contribution in [3.8, 4) is 0 Å². The lowest BCUT2D eigenvalue weighted by Gasteiger charge is -2.38. The molecule has 3 aromatic heterocycles. The van der Waals surface area contributed by atoms with E-state index in [2.05, 4.69) is 35.6 Å². The van der Waals surface area contributed by atoms with Gasteiger partial charge < -0.3 is 14.8 Å². The fourth-order valence-electron chi connectivity index (χ4n) is 6.16. The largest absolute Gasteiger partial charge is 0.350 e. The molecule has 0 radical (unpaired) electrons. The minimum atomic E-state index is -2.88. The first-order valence-corrected chi connectivity index (χ1v) is 14.8. The molecule has 1 aromatic carbocycles. The van der Waals surface area contributed by atoms with Gasteiger partial charge in [0.05, 0.1) is 6.04 Å². The third-order valence-corrected chi connectivity index (χ3v) is 8.51. The second-order valence-electron chi connectivity index (χ2n) is 11.2. The molecular formula is C30H34F2N10O2. The number of nitrogens with one attached hydrogen (secondary N) is 1. The van der Waals surface area contributed by atoms with E-state index < -0.39 is 12.6 Å². The summed E-state index contributed by atoms with van der Waals surface area (Å²) in [4.78, 5) is 38.8. The second kappa shape index (κ2) is 13.0. The maximum Gasteiger partial charge on any atom is 0.350 e. The molecule has 1 N–H and O–H groups in total. The third kappa shape index (κ3) is 6.34. The number of carbonyl (C=O) groups is 2. The molecule has 6 rings (SSSR count). The number of imidazole rings is 1. The van der Waals surface area contributed by atoms with E-state index >= 15 is 0 Å². The second-order valence-corrected chi connectivity index (χ2v) is 11.2. The van der Waals surface area contributed by atoms with Crippen molar-refractivity contribution < 1.29 is 18.4 Å². The quantitative estimate of drug-likeness (QED) is 0.325. The van der Waals surface area contributed by atoms with Crippen molar-refractivity contribution in [3.05, 3.63) is 89.5 Å². The first kappa shape index (κ1) is 29.5. The first-order valence-electron chi connectivity index (χ1n) is 14.8. The van der Waals surface area contributed by atoms with Crippen LogP contribution in [0.2, 0.25) is 0 Å². The Morgan fingerprint density at radius 3 is 2.36 bits per heavy atom. The van der Waals surface area contributed by atoms with Gasteiger partial charge in [-0.1, -0.05) is 35.1 Å². The Labute approximate surface area is 253 Å². The van der Waals surface area contributed by atoms with Crippen LogP contribution in [0.25, 0.3) is 0 Å². The normalized spacial score (nSPS) is 20.0. The van der Waals surface area contributed by atoms with Crippen LogP contribution in [0.15, 0.2) is 61.1 Å². The summed E-state index contributed by atoms with van der Waals surface area (Å²) in [5.74, 6) is 0.571. The van der Waals surface area contributed by atoms with Crippen LogP contribution >= 0.6 is 0 Å². The summed E-state index contributed by atoms with van der Waals surface area (Å²) >= 11 is 0. The Kier molecular flexibility index (Phi) is 8.68. The summed E-state index contributed by atoms with van der Waals surface area (Å²) in [6.07, 6.45) is 8.53. The third-order valence-electron chi connectivity index (χ3n) is 8.51. The van der Waals surface area contributed by atoms with Crippen molar-refractivity contribution in [1.29, 1.82) is 0 Å². The number of piperazine rings is 1. The highest BCUT2D eigenvalue weighted by Crippen LogP contribution is 2.33. The van der Waals surface area contributed by atoms with Crippen LogP contribution in [0.5, 0.6) is 0 Å². The topological polar surface area (TPSA) is 127 Å². The summed E-state index contributed by atoms with van der Waals surface area (Å²) in [5.41, 5.74) is 2.34. The van der Waals surface area contributed by atoms with Gasteiger partial charge in [-0.15, -0.1) is 10.2 Å². The van der Waals surface area contributed by atoms with E-state index in [1.165, 1.54) is 0 Å². The number of rotatable bonds is 8. The number of carbonyl (C=O) groups excluding carboxylic acids is 2. The lowest BCUT2D eigenvalue weighted by atomic mass is 9.82. The number of halogens is 2. The lowest BCUT2D eigenvalue weighted by Crippen LogP contribution is -2.50. The number of alkyl halides is 2. The van der Waals surface area contributed by atoms with Gasteiger partial charge in [-0.25, -0.2) is 4.98 Å². The van der Waals surface area contributed by atoms with E-state index in [0.29, 0.717) is 42.5 Å². The minimum Gasteiger partial charge on any atom is -0.347 e. The van der Waals surface area contributed by atoms with Gasteiger partial charge in [0.1, 0.15) is 5.69 Å². The number of nitrogens with zero attached hydrogens (tertiary/aromatic N) is 9. The molecule has 0 spiro atoms. The molecule has 1 saturated carbocycles. The predicted molar refractivity (Wildman–Crippen MR) is 155 cm³/mol. The number of pyridine rings is 1. The Hall–Kier alpha value is -4.59. The van der Waals surface area contributed by atoms with Gasteiger partial charge in [0.2, 0.25) is 0 Å². The average Bonchev–Trinajstić information content (AvgIpc) is 3.72. The standard InChI is InChI=1S/C30H34F2N10O2/c1-39-14-13-34-27(39)28(43)35-23-9-7-20(8-10-23)22-11-12-33-24(19-22)29(44)41-17-15-40(16-18-41)25(21-5-3-2-4-6-21)26-36-38-42(37-26)30(31)32/h2-6,11-14,19-20,23,25,30H,7-10,15-18H2,1H3,(H,35,43)/t20?,23?,25-/m1/s1. The van der Waals surface area contributed by atoms with E-state index in [1.807, 2.05) is 42.5 Å². The van der Waals surface area contributed by atoms with E-state index in [-0.39, 0.29) is 29.6 Å². The molecule has 0 bridgehead atoms. The molecule has 1 atom stereocenters. The van der Waals surface area contributed by atoms with Crippen molar-refractivity contribution >= 4 is 11.8 Å². The van der Waals surface area contributed by atoms with Crippen molar-refractivity contribution in [3.63, 3.8) is 0 Å². The number of amides is 2. The number of aryl methyl sites for hydroxylation is 1. The summed E-state index contributed by atoms with van der Waals surface area (Å²) in [6, 6.07) is 12.9. The van der Waals surface area contributed by atoms with Crippen molar-refractivity contribution in [2.45, 2.75) is 50.2 Å². The number of aromatic nitrogens is 7. The predicted octanol–water partition coefficient (Wildman–Crippen LogP) is 3.20. The zero-order chi connectivity index (χ0) is 30.6. The fraction of sp³-hybridized carbons (Fsp3) is 0.433. The molecule has 14 heteroatoms. The SMILES string of the molecule is Cn1ccnc1C(=O)NC1CCC(c2ccnc(C(=O)N3CCN([C@H](c4ccccc4)c4nnn(C(F)F)n4)CC3)c2)CC1. The van der Waals surface area contributed by atoms with Crippen LogP contribution in [0.3, 0.4) is 0 Å². The van der Waals surface area contributed by atoms with E-state index in [0.717, 1.165) is 36.8 Å². The van der Waals surface area contributed by atoms with Gasteiger partial charge in [0.15, 0.2) is 11.6 Å². The maximum absolute atomic E-state index is 13.5. The molecule has 1 aliphatic heterocycles. The van der Waals surface area contributed by atoms with Crippen molar-refractivity contribution in [1.82, 2.24) is 49.9 Å². The monoisotopic (exact) mass is 604 g/mol. The number of hydrogen-bond donors (Lipinski definition) is 1. The molecule has 4 heterocycles. The molecule has 44 heavy (non-hydrogen) atoms. The van der Waals surface area contributed by atoms with Gasteiger partial charge in [-0.3, -0.25) is 19.5 Å². The Bertz CT molecular complexity index is 1580. The summed E-state index contributed by atoms with van der Waals surface area (Å²) in [7, 11) is 1.80. The van der Waals surface area contributed by atoms with Crippen LogP contribution in [-0.2, 0) is 7.05 Å². The molecule has 2 amide bonds. The molecule has 4 aromatic rings. The van der Waals surface area contributed by atoms with Gasteiger partial charge in [-0.2, -0.15) is 8.78 Å². The van der Waals surface area contributed by atoms with E-state index in [1.54, 1.807) is 35.1 Å². The van der Waals surface area contributed by atoms with E-state index in [9.17, 15) is 18.4 Å². The molecular weight excluding hydrogens is 570 g/mol. The zero-order valence-corrected chi connectivity index (χ0v) is 24.3. The highest BCUT2D eigenvalue weighted by Gasteiger charge is 2.32. The minimum absolute atomic E-state index is 0.0875. The molecule has 1 saturated heterocycles. The van der Waals surface area contributed by atoms with Crippen LogP contribution in [-0.4, -0.2) is 88.6 Å². The average molecular weight is 605 g/mol. The van der Waals surface area contributed by atoms with E-state index in [4.69, 9.17) is 0 Å². The molecule has 2 aliphatic rings. The Balaban J connectivity index is 1.07. The highest BCUT2D eigenvalue weighted by molar-refractivity contribution is 5.92. The first-order chi connectivity index (χ1) is 21.4.